The largest absolute Gasteiger partial charge is 0.321 e. The molecule has 0 unspecified atom stereocenters. The number of carbonyl (C=O) groups excluding carboxylic acids is 1. The minimum Gasteiger partial charge on any atom is -0.321 e. The van der Waals surface area contributed by atoms with E-state index in [1.54, 1.807) is 12.4 Å². The Labute approximate surface area is 133 Å². The molecular formula is C17H14N2O3S. The van der Waals surface area contributed by atoms with Crippen LogP contribution in [0.3, 0.4) is 0 Å². The van der Waals surface area contributed by atoms with Gasteiger partial charge in [-0.1, -0.05) is 12.1 Å². The van der Waals surface area contributed by atoms with Crippen LogP contribution >= 0.6 is 0 Å². The maximum absolute atomic E-state index is 12.3. The number of anilines is 1. The molecular weight excluding hydrogens is 312 g/mol. The summed E-state index contributed by atoms with van der Waals surface area (Å²) < 4.78 is 22.9. The molecule has 5 nitrogen and oxygen atoms in total. The van der Waals surface area contributed by atoms with Gasteiger partial charge in [0.05, 0.1) is 4.90 Å². The Kier molecular flexibility index (Phi) is 3.83. The molecule has 3 rings (SSSR count). The molecule has 0 saturated carbocycles. The van der Waals surface area contributed by atoms with E-state index in [0.717, 1.165) is 17.0 Å². The van der Waals surface area contributed by atoms with Gasteiger partial charge in [0, 0.05) is 40.7 Å². The lowest BCUT2D eigenvalue weighted by Crippen LogP contribution is -2.12. The topological polar surface area (TPSA) is 76.1 Å². The number of carbonyl (C=O) groups is 1. The van der Waals surface area contributed by atoms with Crippen LogP contribution in [-0.2, 0) is 9.84 Å². The predicted octanol–water partition coefficient (Wildman–Crippen LogP) is 2.89. The highest BCUT2D eigenvalue weighted by Crippen LogP contribution is 2.23. The lowest BCUT2D eigenvalue weighted by Gasteiger charge is -2.09. The number of nitrogens with one attached hydrogen (secondary N) is 1. The molecule has 116 valence electrons. The first-order valence-electron chi connectivity index (χ1n) is 6.89. The van der Waals surface area contributed by atoms with Crippen molar-refractivity contribution in [3.8, 4) is 0 Å². The minimum absolute atomic E-state index is 0.185. The van der Waals surface area contributed by atoms with Gasteiger partial charge >= 0.3 is 0 Å². The molecule has 1 heterocycles. The molecule has 0 radical (unpaired) electrons. The highest BCUT2D eigenvalue weighted by Gasteiger charge is 2.11. The van der Waals surface area contributed by atoms with E-state index in [2.05, 4.69) is 10.3 Å². The second kappa shape index (κ2) is 5.81. The number of hydrogen-bond donors (Lipinski definition) is 1. The van der Waals surface area contributed by atoms with Crippen LogP contribution < -0.4 is 5.32 Å². The van der Waals surface area contributed by atoms with Crippen LogP contribution in [0.2, 0.25) is 0 Å². The van der Waals surface area contributed by atoms with Crippen LogP contribution in [0.15, 0.2) is 65.8 Å². The molecule has 0 spiro atoms. The van der Waals surface area contributed by atoms with Gasteiger partial charge in [0.25, 0.3) is 5.91 Å². The molecule has 1 N–H and O–H groups in total. The average molecular weight is 326 g/mol. The van der Waals surface area contributed by atoms with E-state index < -0.39 is 9.84 Å². The fourth-order valence-electron chi connectivity index (χ4n) is 2.28. The van der Waals surface area contributed by atoms with Crippen molar-refractivity contribution in [1.82, 2.24) is 4.98 Å². The SMILES string of the molecule is CS(=O)(=O)c1ccc(C(=O)Nc2cccc3cnccc23)cc1. The van der Waals surface area contributed by atoms with Gasteiger partial charge in [-0.15, -0.1) is 0 Å². The van der Waals surface area contributed by atoms with E-state index in [4.69, 9.17) is 0 Å². The summed E-state index contributed by atoms with van der Waals surface area (Å²) in [5.41, 5.74) is 1.07. The molecule has 6 heteroatoms. The molecule has 0 aliphatic heterocycles. The molecule has 0 fully saturated rings. The summed E-state index contributed by atoms with van der Waals surface area (Å²) in [7, 11) is -3.27. The Morgan fingerprint density at radius 1 is 1.04 bits per heavy atom. The molecule has 0 aliphatic carbocycles. The standard InChI is InChI=1S/C17H14N2O3S/c1-23(21,22)14-7-5-12(6-8-14)17(20)19-16-4-2-3-13-11-18-10-9-15(13)16/h2-11H,1H3,(H,19,20). The minimum atomic E-state index is -3.27. The number of benzene rings is 2. The predicted molar refractivity (Wildman–Crippen MR) is 89.2 cm³/mol. The van der Waals surface area contributed by atoms with E-state index in [0.29, 0.717) is 11.3 Å². The number of nitrogens with zero attached hydrogens (tertiary/aromatic N) is 1. The quantitative estimate of drug-likeness (QED) is 0.803. The van der Waals surface area contributed by atoms with Gasteiger partial charge in [-0.2, -0.15) is 0 Å². The molecule has 0 saturated heterocycles. The van der Waals surface area contributed by atoms with Gasteiger partial charge in [-0.3, -0.25) is 9.78 Å². The number of sulfone groups is 1. The average Bonchev–Trinajstić information content (AvgIpc) is 2.54. The Bertz CT molecular complexity index is 975. The van der Waals surface area contributed by atoms with Crippen molar-refractivity contribution < 1.29 is 13.2 Å². The Morgan fingerprint density at radius 2 is 1.78 bits per heavy atom. The Hall–Kier alpha value is -2.73. The van der Waals surface area contributed by atoms with Gasteiger partial charge in [-0.05, 0) is 36.4 Å². The number of hydrogen-bond acceptors (Lipinski definition) is 4. The summed E-state index contributed by atoms with van der Waals surface area (Å²) in [5, 5.41) is 4.66. The van der Waals surface area contributed by atoms with Crippen molar-refractivity contribution >= 4 is 32.2 Å². The number of amides is 1. The third-order valence-corrected chi connectivity index (χ3v) is 4.60. The van der Waals surface area contributed by atoms with Gasteiger partial charge in [0.1, 0.15) is 0 Å². The van der Waals surface area contributed by atoms with E-state index in [9.17, 15) is 13.2 Å². The van der Waals surface area contributed by atoms with Crippen LogP contribution in [0.4, 0.5) is 5.69 Å². The summed E-state index contributed by atoms with van der Waals surface area (Å²) in [4.78, 5) is 16.6. The first kappa shape index (κ1) is 15.2. The van der Waals surface area contributed by atoms with Crippen LogP contribution in [0.1, 0.15) is 10.4 Å². The third kappa shape index (κ3) is 3.22. The number of aromatic nitrogens is 1. The van der Waals surface area contributed by atoms with Crippen molar-refractivity contribution in [2.45, 2.75) is 4.90 Å². The Morgan fingerprint density at radius 3 is 2.48 bits per heavy atom. The summed E-state index contributed by atoms with van der Waals surface area (Å²) >= 11 is 0. The highest BCUT2D eigenvalue weighted by atomic mass is 32.2. The normalized spacial score (nSPS) is 11.3. The van der Waals surface area contributed by atoms with Crippen molar-refractivity contribution in [1.29, 1.82) is 0 Å². The highest BCUT2D eigenvalue weighted by molar-refractivity contribution is 7.90. The van der Waals surface area contributed by atoms with E-state index in [1.807, 2.05) is 24.3 Å². The number of fused-ring (bicyclic) bond motifs is 1. The molecule has 1 aromatic heterocycles. The summed E-state index contributed by atoms with van der Waals surface area (Å²) in [6.07, 6.45) is 4.52. The lowest BCUT2D eigenvalue weighted by atomic mass is 10.1. The lowest BCUT2D eigenvalue weighted by molar-refractivity contribution is 0.102. The summed E-state index contributed by atoms with van der Waals surface area (Å²) in [5.74, 6) is -0.297. The molecule has 3 aromatic rings. The molecule has 2 aromatic carbocycles. The van der Waals surface area contributed by atoms with Gasteiger partial charge in [-0.25, -0.2) is 8.42 Å². The number of pyridine rings is 1. The molecule has 0 atom stereocenters. The second-order valence-electron chi connectivity index (χ2n) is 5.15. The number of rotatable bonds is 3. The first-order chi connectivity index (χ1) is 10.9. The van der Waals surface area contributed by atoms with Crippen LogP contribution in [-0.4, -0.2) is 25.6 Å². The smallest absolute Gasteiger partial charge is 0.255 e. The molecule has 23 heavy (non-hydrogen) atoms. The van der Waals surface area contributed by atoms with Crippen LogP contribution in [0.5, 0.6) is 0 Å². The zero-order valence-corrected chi connectivity index (χ0v) is 13.2. The van der Waals surface area contributed by atoms with Crippen molar-refractivity contribution in [3.05, 3.63) is 66.5 Å². The second-order valence-corrected chi connectivity index (χ2v) is 7.17. The third-order valence-electron chi connectivity index (χ3n) is 3.47. The first-order valence-corrected chi connectivity index (χ1v) is 8.78. The fraction of sp³-hybridized carbons (Fsp3) is 0.0588. The van der Waals surface area contributed by atoms with Crippen molar-refractivity contribution in [2.75, 3.05) is 11.6 Å². The van der Waals surface area contributed by atoms with Gasteiger partial charge in [0.2, 0.25) is 0 Å². The van der Waals surface area contributed by atoms with E-state index in [1.165, 1.54) is 24.3 Å². The van der Waals surface area contributed by atoms with E-state index >= 15 is 0 Å². The fourth-order valence-corrected chi connectivity index (χ4v) is 2.91. The molecule has 0 aliphatic rings. The summed E-state index contributed by atoms with van der Waals surface area (Å²) in [6, 6.07) is 13.2. The summed E-state index contributed by atoms with van der Waals surface area (Å²) in [6.45, 7) is 0. The van der Waals surface area contributed by atoms with Crippen molar-refractivity contribution in [3.63, 3.8) is 0 Å². The molecule has 1 amide bonds. The van der Waals surface area contributed by atoms with Gasteiger partial charge < -0.3 is 5.32 Å². The maximum Gasteiger partial charge on any atom is 0.255 e. The monoisotopic (exact) mass is 326 g/mol. The zero-order chi connectivity index (χ0) is 16.4. The molecule has 0 bridgehead atoms. The zero-order valence-electron chi connectivity index (χ0n) is 12.4. The van der Waals surface area contributed by atoms with Gasteiger partial charge in [0.15, 0.2) is 9.84 Å². The van der Waals surface area contributed by atoms with Crippen molar-refractivity contribution in [2.24, 2.45) is 0 Å². The maximum atomic E-state index is 12.3. The van der Waals surface area contributed by atoms with Crippen LogP contribution in [0.25, 0.3) is 10.8 Å². The Balaban J connectivity index is 1.89. The van der Waals surface area contributed by atoms with E-state index in [-0.39, 0.29) is 10.8 Å². The van der Waals surface area contributed by atoms with Crippen LogP contribution in [0, 0.1) is 0 Å².